The minimum atomic E-state index is -3.12. The molecule has 1 aliphatic rings. The summed E-state index contributed by atoms with van der Waals surface area (Å²) >= 11 is 5.94. The summed E-state index contributed by atoms with van der Waals surface area (Å²) in [5.41, 5.74) is 2.49. The van der Waals surface area contributed by atoms with Crippen molar-refractivity contribution in [2.24, 2.45) is 0 Å². The van der Waals surface area contributed by atoms with Gasteiger partial charge in [-0.15, -0.1) is 0 Å². The monoisotopic (exact) mass is 470 g/mol. The Hall–Kier alpha value is -3.17. The molecule has 1 fully saturated rings. The molecular formula is C22H19ClN4O4S. The molecule has 4 heterocycles. The van der Waals surface area contributed by atoms with Crippen molar-refractivity contribution in [1.29, 1.82) is 0 Å². The third-order valence-corrected chi connectivity index (χ3v) is 7.51. The van der Waals surface area contributed by atoms with Gasteiger partial charge < -0.3 is 9.73 Å². The molecule has 32 heavy (non-hydrogen) atoms. The van der Waals surface area contributed by atoms with Gasteiger partial charge in [0.1, 0.15) is 5.69 Å². The van der Waals surface area contributed by atoms with E-state index in [0.717, 1.165) is 0 Å². The maximum absolute atomic E-state index is 13.3. The predicted molar refractivity (Wildman–Crippen MR) is 122 cm³/mol. The number of rotatable bonds is 4. The van der Waals surface area contributed by atoms with Crippen LogP contribution in [0, 0.1) is 6.92 Å². The molecule has 0 radical (unpaired) electrons. The molecule has 5 rings (SSSR count). The second kappa shape index (κ2) is 7.75. The van der Waals surface area contributed by atoms with Crippen LogP contribution in [0.5, 0.6) is 0 Å². The van der Waals surface area contributed by atoms with Crippen LogP contribution in [0.3, 0.4) is 0 Å². The lowest BCUT2D eigenvalue weighted by molar-refractivity contribution is 0.102. The van der Waals surface area contributed by atoms with E-state index >= 15 is 0 Å². The van der Waals surface area contributed by atoms with Crippen LogP contribution < -0.4 is 5.32 Å². The Labute approximate surface area is 189 Å². The Morgan fingerprint density at radius 2 is 2.03 bits per heavy atom. The van der Waals surface area contributed by atoms with Crippen molar-refractivity contribution in [3.05, 3.63) is 65.0 Å². The van der Waals surface area contributed by atoms with Crippen LogP contribution in [0.4, 0.5) is 5.69 Å². The van der Waals surface area contributed by atoms with E-state index in [2.05, 4.69) is 10.4 Å². The Bertz CT molecular complexity index is 1430. The van der Waals surface area contributed by atoms with Crippen LogP contribution in [0.1, 0.15) is 28.5 Å². The molecule has 1 amide bonds. The molecule has 4 aromatic rings. The Kier molecular flexibility index (Phi) is 5.02. The van der Waals surface area contributed by atoms with Gasteiger partial charge in [0, 0.05) is 10.7 Å². The standard InChI is InChI=1S/C22H19ClN4O4S/c1-13-20-17(22(28)24-15-6-4-14(23)5-7-15)11-18(19-3-2-9-31-19)25-21(20)27(26-13)16-8-10-32(29,30)12-16/h2-7,9,11,16H,8,10,12H2,1H3,(H,24,28). The average Bonchev–Trinajstić information content (AvgIpc) is 3.48. The number of benzene rings is 1. The highest BCUT2D eigenvalue weighted by molar-refractivity contribution is 7.91. The van der Waals surface area contributed by atoms with Gasteiger partial charge in [0.05, 0.1) is 40.5 Å². The molecule has 0 spiro atoms. The number of hydrogen-bond acceptors (Lipinski definition) is 6. The summed E-state index contributed by atoms with van der Waals surface area (Å²) in [6, 6.07) is 11.6. The third-order valence-electron chi connectivity index (χ3n) is 5.51. The molecule has 1 saturated heterocycles. The van der Waals surface area contributed by atoms with Gasteiger partial charge in [-0.25, -0.2) is 18.1 Å². The van der Waals surface area contributed by atoms with Crippen molar-refractivity contribution >= 4 is 44.1 Å². The summed E-state index contributed by atoms with van der Waals surface area (Å²) in [4.78, 5) is 18.0. The fourth-order valence-electron chi connectivity index (χ4n) is 4.00. The quantitative estimate of drug-likeness (QED) is 0.477. The minimum absolute atomic E-state index is 0.00217. The van der Waals surface area contributed by atoms with E-state index in [9.17, 15) is 13.2 Å². The van der Waals surface area contributed by atoms with Gasteiger partial charge >= 0.3 is 0 Å². The van der Waals surface area contributed by atoms with Crippen LogP contribution in [0.15, 0.2) is 53.1 Å². The predicted octanol–water partition coefficient (Wildman–Crippen LogP) is 4.27. The lowest BCUT2D eigenvalue weighted by Crippen LogP contribution is -2.15. The van der Waals surface area contributed by atoms with Crippen LogP contribution in [-0.2, 0) is 9.84 Å². The van der Waals surface area contributed by atoms with Crippen LogP contribution in [0.25, 0.3) is 22.5 Å². The van der Waals surface area contributed by atoms with E-state index < -0.39 is 9.84 Å². The van der Waals surface area contributed by atoms with Crippen molar-refractivity contribution in [3.63, 3.8) is 0 Å². The number of carbonyl (C=O) groups is 1. The normalized spacial score (nSPS) is 17.6. The average molecular weight is 471 g/mol. The van der Waals surface area contributed by atoms with E-state index in [1.807, 2.05) is 0 Å². The second-order valence-corrected chi connectivity index (χ2v) is 10.4. The van der Waals surface area contributed by atoms with Gasteiger partial charge in [0.25, 0.3) is 5.91 Å². The van der Waals surface area contributed by atoms with Gasteiger partial charge in [0.15, 0.2) is 21.2 Å². The van der Waals surface area contributed by atoms with E-state index in [1.165, 1.54) is 6.26 Å². The molecule has 0 saturated carbocycles. The Morgan fingerprint density at radius 1 is 1.25 bits per heavy atom. The first kappa shape index (κ1) is 20.7. The highest BCUT2D eigenvalue weighted by atomic mass is 35.5. The fourth-order valence-corrected chi connectivity index (χ4v) is 5.82. The topological polar surface area (TPSA) is 107 Å². The SMILES string of the molecule is Cc1nn(C2CCS(=O)(=O)C2)c2nc(-c3ccco3)cc(C(=O)Nc3ccc(Cl)cc3)c12. The van der Waals surface area contributed by atoms with Crippen LogP contribution >= 0.6 is 11.6 Å². The number of fused-ring (bicyclic) bond motifs is 1. The number of carbonyl (C=O) groups excluding carboxylic acids is 1. The third kappa shape index (κ3) is 3.78. The van der Waals surface area contributed by atoms with Crippen molar-refractivity contribution < 1.29 is 17.6 Å². The highest BCUT2D eigenvalue weighted by Crippen LogP contribution is 2.32. The molecule has 0 aliphatic carbocycles. The number of aromatic nitrogens is 3. The number of furan rings is 1. The van der Waals surface area contributed by atoms with E-state index in [1.54, 1.807) is 54.1 Å². The second-order valence-electron chi connectivity index (χ2n) is 7.78. The number of amides is 1. The lowest BCUT2D eigenvalue weighted by atomic mass is 10.1. The first-order valence-corrected chi connectivity index (χ1v) is 12.2. The molecule has 1 aliphatic heterocycles. The summed E-state index contributed by atoms with van der Waals surface area (Å²) < 4.78 is 31.3. The number of nitrogens with zero attached hydrogens (tertiary/aromatic N) is 3. The molecule has 1 unspecified atom stereocenters. The Morgan fingerprint density at radius 3 is 2.69 bits per heavy atom. The number of anilines is 1. The van der Waals surface area contributed by atoms with E-state index in [4.69, 9.17) is 21.0 Å². The van der Waals surface area contributed by atoms with Gasteiger partial charge in [0.2, 0.25) is 0 Å². The summed E-state index contributed by atoms with van der Waals surface area (Å²) in [5, 5.41) is 8.61. The van der Waals surface area contributed by atoms with E-state index in [0.29, 0.717) is 50.9 Å². The first-order valence-electron chi connectivity index (χ1n) is 10.0. The number of aryl methyl sites for hydroxylation is 1. The van der Waals surface area contributed by atoms with Crippen molar-refractivity contribution in [2.45, 2.75) is 19.4 Å². The van der Waals surface area contributed by atoms with Crippen molar-refractivity contribution in [1.82, 2.24) is 14.8 Å². The van der Waals surface area contributed by atoms with Crippen molar-refractivity contribution in [2.75, 3.05) is 16.8 Å². The number of sulfone groups is 1. The summed E-state index contributed by atoms with van der Waals surface area (Å²) in [5.74, 6) is 0.272. The molecule has 0 bridgehead atoms. The number of nitrogens with one attached hydrogen (secondary N) is 1. The van der Waals surface area contributed by atoms with Gasteiger partial charge in [-0.2, -0.15) is 5.10 Å². The molecule has 1 atom stereocenters. The molecule has 10 heteroatoms. The molecule has 3 aromatic heterocycles. The number of hydrogen-bond donors (Lipinski definition) is 1. The van der Waals surface area contributed by atoms with Crippen molar-refractivity contribution in [3.8, 4) is 11.5 Å². The number of halogens is 1. The maximum atomic E-state index is 13.3. The first-order chi connectivity index (χ1) is 15.3. The smallest absolute Gasteiger partial charge is 0.256 e. The zero-order valence-corrected chi connectivity index (χ0v) is 18.7. The summed E-state index contributed by atoms with van der Waals surface area (Å²) in [6.07, 6.45) is 1.98. The minimum Gasteiger partial charge on any atom is -0.463 e. The summed E-state index contributed by atoms with van der Waals surface area (Å²) in [6.45, 7) is 1.79. The molecule has 164 valence electrons. The molecular weight excluding hydrogens is 452 g/mol. The maximum Gasteiger partial charge on any atom is 0.256 e. The Balaban J connectivity index is 1.66. The molecule has 1 aromatic carbocycles. The lowest BCUT2D eigenvalue weighted by Gasteiger charge is -2.12. The van der Waals surface area contributed by atoms with Crippen LogP contribution in [0.2, 0.25) is 5.02 Å². The van der Waals surface area contributed by atoms with E-state index in [-0.39, 0.29) is 23.5 Å². The molecule has 8 nitrogen and oxygen atoms in total. The fraction of sp³-hybridized carbons (Fsp3) is 0.227. The summed E-state index contributed by atoms with van der Waals surface area (Å²) in [7, 11) is -3.12. The zero-order chi connectivity index (χ0) is 22.5. The van der Waals surface area contributed by atoms with Gasteiger partial charge in [-0.05, 0) is 55.8 Å². The molecule has 1 N–H and O–H groups in total. The van der Waals surface area contributed by atoms with Crippen LogP contribution in [-0.4, -0.2) is 40.6 Å². The largest absolute Gasteiger partial charge is 0.463 e. The highest BCUT2D eigenvalue weighted by Gasteiger charge is 2.32. The van der Waals surface area contributed by atoms with Gasteiger partial charge in [-0.1, -0.05) is 11.6 Å². The van der Waals surface area contributed by atoms with Gasteiger partial charge in [-0.3, -0.25) is 4.79 Å². The zero-order valence-electron chi connectivity index (χ0n) is 17.1. The number of pyridine rings is 1.